The van der Waals surface area contributed by atoms with Gasteiger partial charge in [-0.15, -0.1) is 12.4 Å². The van der Waals surface area contributed by atoms with E-state index in [4.69, 9.17) is 4.74 Å². The molecule has 2 N–H and O–H groups in total. The average Bonchev–Trinajstić information content (AvgIpc) is 2.46. The Labute approximate surface area is 126 Å². The molecule has 0 spiro atoms. The third-order valence-electron chi connectivity index (χ3n) is 3.34. The Balaban J connectivity index is 0.00000200. The molecule has 1 aliphatic rings. The van der Waals surface area contributed by atoms with Crippen LogP contribution in [0.15, 0.2) is 24.3 Å². The van der Waals surface area contributed by atoms with Crippen LogP contribution in [0.25, 0.3) is 0 Å². The Morgan fingerprint density at radius 3 is 3.05 bits per heavy atom. The zero-order valence-corrected chi connectivity index (χ0v) is 12.7. The lowest BCUT2D eigenvalue weighted by Crippen LogP contribution is -2.37. The molecule has 112 valence electrons. The van der Waals surface area contributed by atoms with Crippen molar-refractivity contribution in [2.45, 2.75) is 26.4 Å². The molecule has 1 saturated heterocycles. The molecule has 1 atom stereocenters. The standard InChI is InChI=1S/C15H22N2O2.ClH/c1-2-19-11-12-5-3-7-14(9-12)17-15(18)13-6-4-8-16-10-13;/h3,5,7,9,13,16H,2,4,6,8,10-11H2,1H3,(H,17,18);1H. The summed E-state index contributed by atoms with van der Waals surface area (Å²) in [7, 11) is 0. The van der Waals surface area contributed by atoms with Crippen LogP contribution in [-0.4, -0.2) is 25.6 Å². The van der Waals surface area contributed by atoms with E-state index in [0.29, 0.717) is 13.2 Å². The molecule has 5 heteroatoms. The molecule has 0 aliphatic carbocycles. The second kappa shape index (κ2) is 8.95. The molecule has 2 rings (SSSR count). The summed E-state index contributed by atoms with van der Waals surface area (Å²) in [6.07, 6.45) is 2.04. The number of nitrogens with one attached hydrogen (secondary N) is 2. The third-order valence-corrected chi connectivity index (χ3v) is 3.34. The van der Waals surface area contributed by atoms with E-state index in [1.165, 1.54) is 0 Å². The number of rotatable bonds is 5. The molecule has 1 aromatic rings. The number of hydrogen-bond donors (Lipinski definition) is 2. The molecule has 0 aromatic heterocycles. The normalized spacial score (nSPS) is 18.1. The smallest absolute Gasteiger partial charge is 0.228 e. The topological polar surface area (TPSA) is 50.4 Å². The van der Waals surface area contributed by atoms with Crippen molar-refractivity contribution < 1.29 is 9.53 Å². The quantitative estimate of drug-likeness (QED) is 0.878. The van der Waals surface area contributed by atoms with Gasteiger partial charge in [-0.2, -0.15) is 0 Å². The van der Waals surface area contributed by atoms with Crippen LogP contribution in [0.2, 0.25) is 0 Å². The maximum absolute atomic E-state index is 12.1. The van der Waals surface area contributed by atoms with Crippen molar-refractivity contribution in [3.8, 4) is 0 Å². The Morgan fingerprint density at radius 1 is 1.50 bits per heavy atom. The predicted molar refractivity (Wildman–Crippen MR) is 83.2 cm³/mol. The van der Waals surface area contributed by atoms with Crippen molar-refractivity contribution in [3.63, 3.8) is 0 Å². The van der Waals surface area contributed by atoms with Gasteiger partial charge in [0.15, 0.2) is 0 Å². The van der Waals surface area contributed by atoms with Crippen LogP contribution in [0.5, 0.6) is 0 Å². The molecule has 0 radical (unpaired) electrons. The zero-order chi connectivity index (χ0) is 13.5. The number of hydrogen-bond acceptors (Lipinski definition) is 3. The molecule has 20 heavy (non-hydrogen) atoms. The highest BCUT2D eigenvalue weighted by atomic mass is 35.5. The van der Waals surface area contributed by atoms with Gasteiger partial charge < -0.3 is 15.4 Å². The van der Waals surface area contributed by atoms with E-state index < -0.39 is 0 Å². The number of anilines is 1. The minimum atomic E-state index is 0. The van der Waals surface area contributed by atoms with Gasteiger partial charge in [0.05, 0.1) is 12.5 Å². The lowest BCUT2D eigenvalue weighted by molar-refractivity contribution is -0.120. The Bertz CT molecular complexity index is 420. The van der Waals surface area contributed by atoms with Crippen LogP contribution in [0.4, 0.5) is 5.69 Å². The summed E-state index contributed by atoms with van der Waals surface area (Å²) in [5.41, 5.74) is 1.94. The van der Waals surface area contributed by atoms with Crippen LogP contribution in [0.3, 0.4) is 0 Å². The van der Waals surface area contributed by atoms with E-state index in [9.17, 15) is 4.79 Å². The van der Waals surface area contributed by atoms with E-state index >= 15 is 0 Å². The van der Waals surface area contributed by atoms with Crippen molar-refractivity contribution in [2.75, 3.05) is 25.0 Å². The molecule has 1 aromatic carbocycles. The summed E-state index contributed by atoms with van der Waals surface area (Å²) >= 11 is 0. The summed E-state index contributed by atoms with van der Waals surface area (Å²) in [5.74, 6) is 0.199. The van der Waals surface area contributed by atoms with Gasteiger partial charge in [-0.25, -0.2) is 0 Å². The first kappa shape index (κ1) is 17.0. The van der Waals surface area contributed by atoms with Crippen molar-refractivity contribution in [3.05, 3.63) is 29.8 Å². The summed E-state index contributed by atoms with van der Waals surface area (Å²) in [6, 6.07) is 7.85. The van der Waals surface area contributed by atoms with Crippen LogP contribution >= 0.6 is 12.4 Å². The molecule has 4 nitrogen and oxygen atoms in total. The number of carbonyl (C=O) groups is 1. The second-order valence-electron chi connectivity index (χ2n) is 4.87. The number of piperidine rings is 1. The minimum absolute atomic E-state index is 0. The first-order valence-corrected chi connectivity index (χ1v) is 6.98. The highest BCUT2D eigenvalue weighted by molar-refractivity contribution is 5.92. The highest BCUT2D eigenvalue weighted by Crippen LogP contribution is 2.16. The monoisotopic (exact) mass is 298 g/mol. The van der Waals surface area contributed by atoms with Crippen molar-refractivity contribution >= 4 is 24.0 Å². The fourth-order valence-corrected chi connectivity index (χ4v) is 2.28. The maximum Gasteiger partial charge on any atom is 0.228 e. The zero-order valence-electron chi connectivity index (χ0n) is 11.9. The number of halogens is 1. The van der Waals surface area contributed by atoms with Gasteiger partial charge in [-0.1, -0.05) is 12.1 Å². The largest absolute Gasteiger partial charge is 0.377 e. The summed E-state index contributed by atoms with van der Waals surface area (Å²) in [6.45, 7) is 5.06. The lowest BCUT2D eigenvalue weighted by atomic mass is 9.99. The molecule has 1 fully saturated rings. The van der Waals surface area contributed by atoms with Crippen molar-refractivity contribution in [2.24, 2.45) is 5.92 Å². The first-order chi connectivity index (χ1) is 9.29. The molecular weight excluding hydrogens is 276 g/mol. The van der Waals surface area contributed by atoms with E-state index in [-0.39, 0.29) is 24.2 Å². The SMILES string of the molecule is CCOCc1cccc(NC(=O)C2CCCNC2)c1.Cl. The highest BCUT2D eigenvalue weighted by Gasteiger charge is 2.20. The molecule has 0 saturated carbocycles. The molecule has 1 unspecified atom stereocenters. The fourth-order valence-electron chi connectivity index (χ4n) is 2.28. The molecule has 1 aliphatic heterocycles. The number of carbonyl (C=O) groups excluding carboxylic acids is 1. The van der Waals surface area contributed by atoms with Crippen LogP contribution in [0, 0.1) is 5.92 Å². The minimum Gasteiger partial charge on any atom is -0.377 e. The van der Waals surface area contributed by atoms with E-state index in [0.717, 1.165) is 37.2 Å². The lowest BCUT2D eigenvalue weighted by Gasteiger charge is -2.22. The molecule has 1 heterocycles. The van der Waals surface area contributed by atoms with E-state index in [1.807, 2.05) is 31.2 Å². The summed E-state index contributed by atoms with van der Waals surface area (Å²) < 4.78 is 5.37. The van der Waals surface area contributed by atoms with E-state index in [2.05, 4.69) is 10.6 Å². The van der Waals surface area contributed by atoms with Gasteiger partial charge in [0.25, 0.3) is 0 Å². The van der Waals surface area contributed by atoms with Crippen molar-refractivity contribution in [1.82, 2.24) is 5.32 Å². The van der Waals surface area contributed by atoms with Crippen molar-refractivity contribution in [1.29, 1.82) is 0 Å². The molecule has 0 bridgehead atoms. The van der Waals surface area contributed by atoms with Gasteiger partial charge in [-0.05, 0) is 44.0 Å². The van der Waals surface area contributed by atoms with Gasteiger partial charge >= 0.3 is 0 Å². The maximum atomic E-state index is 12.1. The van der Waals surface area contributed by atoms with Gasteiger partial charge in [-0.3, -0.25) is 4.79 Å². The van der Waals surface area contributed by atoms with Gasteiger partial charge in [0.2, 0.25) is 5.91 Å². The summed E-state index contributed by atoms with van der Waals surface area (Å²) in [5, 5.41) is 6.25. The number of ether oxygens (including phenoxy) is 1. The van der Waals surface area contributed by atoms with E-state index in [1.54, 1.807) is 0 Å². The number of benzene rings is 1. The van der Waals surface area contributed by atoms with Gasteiger partial charge in [0, 0.05) is 18.8 Å². The van der Waals surface area contributed by atoms with Crippen LogP contribution in [0.1, 0.15) is 25.3 Å². The second-order valence-corrected chi connectivity index (χ2v) is 4.87. The van der Waals surface area contributed by atoms with Crippen LogP contribution < -0.4 is 10.6 Å². The Hall–Kier alpha value is -1.10. The summed E-state index contributed by atoms with van der Waals surface area (Å²) in [4.78, 5) is 12.1. The van der Waals surface area contributed by atoms with Crippen LogP contribution in [-0.2, 0) is 16.1 Å². The van der Waals surface area contributed by atoms with Gasteiger partial charge in [0.1, 0.15) is 0 Å². The fraction of sp³-hybridized carbons (Fsp3) is 0.533. The molecule has 1 amide bonds. The average molecular weight is 299 g/mol. The Morgan fingerprint density at radius 2 is 2.35 bits per heavy atom. The predicted octanol–water partition coefficient (Wildman–Crippen LogP) is 2.58. The number of amides is 1. The molecular formula is C15H23ClN2O2. The first-order valence-electron chi connectivity index (χ1n) is 6.98. The third kappa shape index (κ3) is 5.12. The Kier molecular flexibility index (Phi) is 7.59.